The Labute approximate surface area is 567 Å². The van der Waals surface area contributed by atoms with Crippen molar-refractivity contribution in [2.75, 3.05) is 81.8 Å². The molecule has 2 N–H and O–H groups in total. The molecule has 0 heterocycles. The van der Waals surface area contributed by atoms with Gasteiger partial charge in [-0.25, -0.2) is 0 Å². The van der Waals surface area contributed by atoms with Crippen LogP contribution >= 0.6 is 0 Å². The van der Waals surface area contributed by atoms with E-state index in [2.05, 4.69) is 206 Å². The minimum absolute atomic E-state index is 1.13. The van der Waals surface area contributed by atoms with E-state index in [0.717, 1.165) is 52.4 Å². The molecule has 0 saturated heterocycles. The number of benzene rings is 5. The topological polar surface area (TPSA) is 152 Å². The van der Waals surface area contributed by atoms with Crippen molar-refractivity contribution in [1.82, 2.24) is 0 Å². The molecule has 0 radical (unpaired) electrons. The predicted octanol–water partition coefficient (Wildman–Crippen LogP) is 18.6. The van der Waals surface area contributed by atoms with Gasteiger partial charge in [0.2, 0.25) is 0 Å². The summed E-state index contributed by atoms with van der Waals surface area (Å²) in [5.74, 6) is 0. The molecular weight excluding hydrogens is 1190 g/mol. The van der Waals surface area contributed by atoms with Gasteiger partial charge in [0.1, 0.15) is 0 Å². The Bertz CT molecular complexity index is 2110. The fourth-order valence-electron chi connectivity index (χ4n) is 12.2. The summed E-state index contributed by atoms with van der Waals surface area (Å²) in [5.41, 5.74) is 12.5. The average molecular weight is 1310 g/mol. The Kier molecular flexibility index (Phi) is 46.5. The van der Waals surface area contributed by atoms with Gasteiger partial charge in [-0.05, 0) is 173 Å². The third-order valence-electron chi connectivity index (χ3n) is 17.5. The summed E-state index contributed by atoms with van der Waals surface area (Å²) >= 11 is 0. The van der Waals surface area contributed by atoms with Gasteiger partial charge in [-0.15, -0.1) is 0 Å². The van der Waals surface area contributed by atoms with Gasteiger partial charge >= 0.3 is 0 Å². The van der Waals surface area contributed by atoms with Crippen LogP contribution in [-0.4, -0.2) is 61.7 Å². The van der Waals surface area contributed by atoms with E-state index in [4.69, 9.17) is 28.0 Å². The lowest BCUT2D eigenvalue weighted by Gasteiger charge is -2.31. The average Bonchev–Trinajstić information content (AvgIpc) is 0.821. The number of unbranched alkanes of at least 4 members (excludes halogenated alkanes) is 24. The Hall–Kier alpha value is -4.76. The van der Waals surface area contributed by atoms with Crippen LogP contribution < -0.4 is 48.0 Å². The third kappa shape index (κ3) is 34.1. The molecule has 0 aliphatic heterocycles. The van der Waals surface area contributed by atoms with E-state index in [1.54, 1.807) is 0 Å². The van der Waals surface area contributed by atoms with E-state index < -0.39 is 21.6 Å². The summed E-state index contributed by atoms with van der Waals surface area (Å²) < 4.78 is 47.9. The second-order valence-corrected chi connectivity index (χ2v) is 25.9. The van der Waals surface area contributed by atoms with E-state index in [1.807, 2.05) is 0 Å². The van der Waals surface area contributed by atoms with Gasteiger partial charge in [0.05, 0.1) is 0 Å². The lowest BCUT2D eigenvalue weighted by Crippen LogP contribution is -2.30. The zero-order valence-corrected chi connectivity index (χ0v) is 60.3. The van der Waals surface area contributed by atoms with Crippen LogP contribution in [0.3, 0.4) is 0 Å². The highest BCUT2D eigenvalue weighted by atomic mass is 35.6. The fraction of sp³-hybridized carbons (Fsp3) is 0.615. The van der Waals surface area contributed by atoms with Crippen LogP contribution in [-0.2, 0) is 0 Å². The summed E-state index contributed by atoms with van der Waals surface area (Å²) in [7, 11) is -5.20. The van der Waals surface area contributed by atoms with Crippen LogP contribution in [0.1, 0.15) is 261 Å². The quantitative estimate of drug-likeness (QED) is 0.0357. The molecule has 5 aromatic carbocycles. The van der Waals surface area contributed by atoms with E-state index in [-0.39, 0.29) is 0 Å². The Morgan fingerprint density at radius 1 is 0.207 bits per heavy atom. The molecular formula is C78H126Cl2N6O6. The molecule has 12 nitrogen and oxygen atoms in total. The first-order chi connectivity index (χ1) is 44.9. The Morgan fingerprint density at radius 2 is 0.315 bits per heavy atom. The zero-order chi connectivity index (χ0) is 66.8. The summed E-state index contributed by atoms with van der Waals surface area (Å²) in [4.78, 5) is 15.7. The SMILES string of the molecule is CCCCCCN(CCCCCC)c1ccc(N(c2ccc(N(CCCCCC)CCCCCC)cc2)c2ccc(N(c3ccc(N(CCCCCC)CCCCCC)cc3)c3ccc(N(CCCCCC)CCCCCC)cc3)cc2)cc1.[O-][Cl+2]([O-])O.[O-][Cl+2]([O-])O. The maximum atomic E-state index is 8.52. The van der Waals surface area contributed by atoms with Gasteiger partial charge in [-0.3, -0.25) is 0 Å². The highest BCUT2D eigenvalue weighted by Crippen LogP contribution is 2.41. The Morgan fingerprint density at radius 3 is 0.424 bits per heavy atom. The van der Waals surface area contributed by atoms with Crippen molar-refractivity contribution < 1.29 is 49.5 Å². The van der Waals surface area contributed by atoms with Crippen molar-refractivity contribution >= 4 is 56.9 Å². The first-order valence-corrected chi connectivity index (χ1v) is 38.4. The Balaban J connectivity index is 0.00000260. The normalized spacial score (nSPS) is 11.1. The minimum atomic E-state index is -2.60. The van der Waals surface area contributed by atoms with Crippen molar-refractivity contribution in [3.8, 4) is 0 Å². The van der Waals surface area contributed by atoms with Gasteiger partial charge < -0.3 is 48.0 Å². The van der Waals surface area contributed by atoms with Gasteiger partial charge in [-0.2, -0.15) is 0 Å². The number of hydrogen-bond donors (Lipinski definition) is 2. The third-order valence-corrected chi connectivity index (χ3v) is 17.5. The molecule has 0 saturated carbocycles. The monoisotopic (exact) mass is 1310 g/mol. The predicted molar refractivity (Wildman–Crippen MR) is 382 cm³/mol. The summed E-state index contributed by atoms with van der Waals surface area (Å²) in [6.45, 7) is 27.6. The van der Waals surface area contributed by atoms with Crippen molar-refractivity contribution in [3.05, 3.63) is 121 Å². The summed E-state index contributed by atoms with van der Waals surface area (Å²) in [6.07, 6.45) is 41.1. The van der Waals surface area contributed by atoms with Crippen LogP contribution in [0.25, 0.3) is 0 Å². The van der Waals surface area contributed by atoms with Crippen LogP contribution in [0.5, 0.6) is 0 Å². The highest BCUT2D eigenvalue weighted by molar-refractivity contribution is 5.82. The lowest BCUT2D eigenvalue weighted by molar-refractivity contribution is -1.63. The molecule has 518 valence electrons. The van der Waals surface area contributed by atoms with Gasteiger partial charge in [-0.1, -0.05) is 209 Å². The van der Waals surface area contributed by atoms with Crippen LogP contribution in [0.2, 0.25) is 0 Å². The molecule has 0 fully saturated rings. The smallest absolute Gasteiger partial charge is 0.282 e. The number of halogens is 2. The molecule has 92 heavy (non-hydrogen) atoms. The van der Waals surface area contributed by atoms with Crippen molar-refractivity contribution in [2.24, 2.45) is 0 Å². The number of rotatable bonds is 50. The molecule has 0 aromatic heterocycles. The summed E-state index contributed by atoms with van der Waals surface area (Å²) in [5, 5.41) is 0. The summed E-state index contributed by atoms with van der Waals surface area (Å²) in [6, 6.07) is 47.8. The van der Waals surface area contributed by atoms with E-state index in [9.17, 15) is 0 Å². The van der Waals surface area contributed by atoms with Gasteiger partial charge in [0.25, 0.3) is 21.6 Å². The van der Waals surface area contributed by atoms with Gasteiger partial charge in [0.15, 0.2) is 0 Å². The number of nitrogens with zero attached hydrogens (tertiary/aromatic N) is 6. The number of hydrogen-bond acceptors (Lipinski definition) is 12. The van der Waals surface area contributed by atoms with Crippen molar-refractivity contribution in [3.63, 3.8) is 0 Å². The van der Waals surface area contributed by atoms with Crippen LogP contribution in [0, 0.1) is 21.6 Å². The molecule has 14 heteroatoms. The molecule has 0 aliphatic carbocycles. The van der Waals surface area contributed by atoms with Crippen LogP contribution in [0.4, 0.5) is 56.9 Å². The maximum Gasteiger partial charge on any atom is 0.282 e. The molecule has 0 amide bonds. The second-order valence-electron chi connectivity index (χ2n) is 25.1. The van der Waals surface area contributed by atoms with Crippen molar-refractivity contribution in [1.29, 1.82) is 0 Å². The molecule has 0 bridgehead atoms. The van der Waals surface area contributed by atoms with E-state index in [1.165, 1.54) is 262 Å². The number of anilines is 10. The molecule has 0 unspecified atom stereocenters. The van der Waals surface area contributed by atoms with Crippen molar-refractivity contribution in [2.45, 2.75) is 261 Å². The standard InChI is InChI=1S/C78H124N6.2ClHO3/c1-9-17-25-33-61-79(62-34-26-18-10-2)69-41-49-73(50-42-69)83(74-51-43-70(44-52-74)80(63-35-27-19-11-3)64-36-28-20-12-4)77-57-59-78(60-58-77)84(75-53-45-71(46-54-75)81(65-37-29-21-13-5)66-38-30-22-14-6)76-55-47-72(48-56-76)82(67-39-31-23-15-7)68-40-32-24-16-8;2*2-1(3)4/h41-60H,9-40,61-68H2,1-8H3;2*2H. The first-order valence-electron chi connectivity index (χ1n) is 36.5. The van der Waals surface area contributed by atoms with E-state index >= 15 is 0 Å². The first kappa shape index (κ1) is 81.5. The molecule has 0 atom stereocenters. The largest absolute Gasteiger partial charge is 0.372 e. The molecule has 0 spiro atoms. The zero-order valence-electron chi connectivity index (χ0n) is 58.8. The molecule has 5 aromatic rings. The lowest BCUT2D eigenvalue weighted by atomic mass is 10.1. The molecule has 5 rings (SSSR count). The van der Waals surface area contributed by atoms with Crippen LogP contribution in [0.15, 0.2) is 121 Å². The van der Waals surface area contributed by atoms with Gasteiger partial charge in [0, 0.05) is 119 Å². The fourth-order valence-corrected chi connectivity index (χ4v) is 12.2. The molecule has 0 aliphatic rings. The minimum Gasteiger partial charge on any atom is -0.372 e. The highest BCUT2D eigenvalue weighted by Gasteiger charge is 2.20. The maximum absolute atomic E-state index is 8.52. The second kappa shape index (κ2) is 52.5. The van der Waals surface area contributed by atoms with E-state index in [0.29, 0.717) is 0 Å².